The first-order chi connectivity index (χ1) is 13.2. The Morgan fingerprint density at radius 2 is 2.22 bits per heavy atom. The van der Waals surface area contributed by atoms with Gasteiger partial charge < -0.3 is 19.8 Å². The number of anilines is 1. The quantitative estimate of drug-likeness (QED) is 0.692. The first-order valence-electron chi connectivity index (χ1n) is 9.26. The molecule has 0 saturated carbocycles. The molecule has 2 heterocycles. The average Bonchev–Trinajstić information content (AvgIpc) is 3.35. The number of rotatable bonds is 6. The summed E-state index contributed by atoms with van der Waals surface area (Å²) in [6.45, 7) is 0.787. The summed E-state index contributed by atoms with van der Waals surface area (Å²) in [7, 11) is 1.64. The van der Waals surface area contributed by atoms with E-state index in [1.165, 1.54) is 0 Å². The monoisotopic (exact) mass is 365 g/mol. The molecule has 140 valence electrons. The number of para-hydroxylation sites is 1. The molecule has 0 bridgehead atoms. The fraction of sp³-hybridized carbons (Fsp3) is 0.333. The molecular weight excluding hydrogens is 342 g/mol. The number of nitrogens with one attached hydrogen (secondary N) is 2. The van der Waals surface area contributed by atoms with Crippen molar-refractivity contribution < 1.29 is 14.3 Å². The summed E-state index contributed by atoms with van der Waals surface area (Å²) in [6, 6.07) is 13.5. The number of carbonyl (C=O) groups is 1. The first-order valence-corrected chi connectivity index (χ1v) is 9.26. The number of aromatic nitrogens is 2. The summed E-state index contributed by atoms with van der Waals surface area (Å²) in [6.07, 6.45) is 3.13. The van der Waals surface area contributed by atoms with Gasteiger partial charge in [0.1, 0.15) is 17.7 Å². The molecule has 1 atom stereocenters. The number of methoxy groups -OCH3 is 1. The minimum Gasteiger partial charge on any atom is -0.496 e. The molecule has 2 N–H and O–H groups in total. The van der Waals surface area contributed by atoms with Crippen LogP contribution in [0.1, 0.15) is 36.8 Å². The van der Waals surface area contributed by atoms with Crippen LogP contribution >= 0.6 is 0 Å². The predicted octanol–water partition coefficient (Wildman–Crippen LogP) is 3.99. The van der Waals surface area contributed by atoms with E-state index >= 15 is 0 Å². The van der Waals surface area contributed by atoms with Gasteiger partial charge in [-0.2, -0.15) is 0 Å². The molecule has 2 aromatic carbocycles. The molecule has 6 nitrogen and oxygen atoms in total. The van der Waals surface area contributed by atoms with E-state index < -0.39 is 0 Å². The van der Waals surface area contributed by atoms with Crippen LogP contribution in [0.15, 0.2) is 42.5 Å². The van der Waals surface area contributed by atoms with Gasteiger partial charge >= 0.3 is 0 Å². The molecular formula is C21H23N3O3. The number of aryl methyl sites for hydroxylation is 1. The van der Waals surface area contributed by atoms with Crippen LogP contribution in [-0.4, -0.2) is 29.6 Å². The number of ether oxygens (including phenoxy) is 2. The van der Waals surface area contributed by atoms with Gasteiger partial charge in [-0.05, 0) is 49.1 Å². The van der Waals surface area contributed by atoms with Gasteiger partial charge in [0.25, 0.3) is 0 Å². The van der Waals surface area contributed by atoms with Crippen molar-refractivity contribution in [2.45, 2.75) is 31.8 Å². The van der Waals surface area contributed by atoms with Gasteiger partial charge in [0, 0.05) is 18.7 Å². The third kappa shape index (κ3) is 3.95. The summed E-state index contributed by atoms with van der Waals surface area (Å²) in [5, 5.41) is 2.96. The van der Waals surface area contributed by atoms with Crippen LogP contribution in [0.25, 0.3) is 11.0 Å². The van der Waals surface area contributed by atoms with Crippen molar-refractivity contribution in [3.05, 3.63) is 53.9 Å². The highest BCUT2D eigenvalue weighted by molar-refractivity contribution is 5.93. The Morgan fingerprint density at radius 3 is 3.04 bits per heavy atom. The van der Waals surface area contributed by atoms with E-state index in [-0.39, 0.29) is 12.0 Å². The van der Waals surface area contributed by atoms with E-state index in [0.717, 1.165) is 53.3 Å². The number of benzene rings is 2. The second-order valence-corrected chi connectivity index (χ2v) is 6.72. The van der Waals surface area contributed by atoms with Crippen LogP contribution in [0.3, 0.4) is 0 Å². The lowest BCUT2D eigenvalue weighted by atomic mass is 10.1. The number of hydrogen-bond acceptors (Lipinski definition) is 4. The zero-order chi connectivity index (χ0) is 18.6. The van der Waals surface area contributed by atoms with E-state index in [9.17, 15) is 4.79 Å². The highest BCUT2D eigenvalue weighted by Crippen LogP contribution is 2.28. The fourth-order valence-corrected chi connectivity index (χ4v) is 3.43. The van der Waals surface area contributed by atoms with E-state index in [1.54, 1.807) is 7.11 Å². The summed E-state index contributed by atoms with van der Waals surface area (Å²) in [4.78, 5) is 20.3. The molecule has 4 rings (SSSR count). The Kier molecular flexibility index (Phi) is 5.07. The molecule has 1 aliphatic rings. The minimum absolute atomic E-state index is 0.0286. The van der Waals surface area contributed by atoms with Gasteiger partial charge in [0.15, 0.2) is 0 Å². The van der Waals surface area contributed by atoms with Crippen molar-refractivity contribution >= 4 is 22.6 Å². The number of aromatic amines is 1. The molecule has 0 radical (unpaired) electrons. The number of nitrogens with zero attached hydrogens (tertiary/aromatic N) is 1. The molecule has 3 aromatic rings. The number of hydrogen-bond donors (Lipinski definition) is 2. The Hall–Kier alpha value is -2.86. The Balaban J connectivity index is 1.41. The second kappa shape index (κ2) is 7.80. The van der Waals surface area contributed by atoms with E-state index in [0.29, 0.717) is 12.8 Å². The SMILES string of the molecule is COc1ccccc1CCC(=O)Nc1ccc2nc([C@@H]3CCCO3)[nH]c2c1. The van der Waals surface area contributed by atoms with Crippen LogP contribution in [0.4, 0.5) is 5.69 Å². The maximum atomic E-state index is 12.3. The van der Waals surface area contributed by atoms with Gasteiger partial charge in [-0.3, -0.25) is 4.79 Å². The average molecular weight is 365 g/mol. The number of H-pyrrole nitrogens is 1. The number of fused-ring (bicyclic) bond motifs is 1. The third-order valence-electron chi connectivity index (χ3n) is 4.83. The maximum absolute atomic E-state index is 12.3. The molecule has 6 heteroatoms. The zero-order valence-electron chi connectivity index (χ0n) is 15.3. The van der Waals surface area contributed by atoms with Gasteiger partial charge in [-0.1, -0.05) is 18.2 Å². The van der Waals surface area contributed by atoms with Crippen LogP contribution in [0, 0.1) is 0 Å². The Morgan fingerprint density at radius 1 is 1.33 bits per heavy atom. The largest absolute Gasteiger partial charge is 0.496 e. The van der Waals surface area contributed by atoms with Crippen molar-refractivity contribution in [2.75, 3.05) is 19.0 Å². The van der Waals surface area contributed by atoms with Gasteiger partial charge in [-0.25, -0.2) is 4.98 Å². The lowest BCUT2D eigenvalue weighted by molar-refractivity contribution is -0.116. The smallest absolute Gasteiger partial charge is 0.224 e. The lowest BCUT2D eigenvalue weighted by Gasteiger charge is -2.08. The van der Waals surface area contributed by atoms with E-state index in [2.05, 4.69) is 15.3 Å². The zero-order valence-corrected chi connectivity index (χ0v) is 15.3. The molecule has 0 unspecified atom stereocenters. The van der Waals surface area contributed by atoms with Crippen LogP contribution in [0.2, 0.25) is 0 Å². The number of carbonyl (C=O) groups excluding carboxylic acids is 1. The topological polar surface area (TPSA) is 76.2 Å². The second-order valence-electron chi connectivity index (χ2n) is 6.72. The van der Waals surface area contributed by atoms with Crippen LogP contribution < -0.4 is 10.1 Å². The Bertz CT molecular complexity index is 945. The molecule has 1 aliphatic heterocycles. The Labute approximate surface area is 157 Å². The van der Waals surface area contributed by atoms with Crippen LogP contribution in [-0.2, 0) is 16.0 Å². The summed E-state index contributed by atoms with van der Waals surface area (Å²) in [5.74, 6) is 1.65. The van der Waals surface area contributed by atoms with Gasteiger partial charge in [-0.15, -0.1) is 0 Å². The highest BCUT2D eigenvalue weighted by Gasteiger charge is 2.21. The molecule has 1 amide bonds. The van der Waals surface area contributed by atoms with Crippen molar-refractivity contribution in [1.82, 2.24) is 9.97 Å². The van der Waals surface area contributed by atoms with Gasteiger partial charge in [0.2, 0.25) is 5.91 Å². The lowest BCUT2D eigenvalue weighted by Crippen LogP contribution is -2.12. The van der Waals surface area contributed by atoms with Crippen molar-refractivity contribution in [1.29, 1.82) is 0 Å². The van der Waals surface area contributed by atoms with Crippen LogP contribution in [0.5, 0.6) is 5.75 Å². The maximum Gasteiger partial charge on any atom is 0.224 e. The first kappa shape index (κ1) is 17.5. The van der Waals surface area contributed by atoms with Crippen molar-refractivity contribution in [3.63, 3.8) is 0 Å². The fourth-order valence-electron chi connectivity index (χ4n) is 3.43. The van der Waals surface area contributed by atoms with E-state index in [1.807, 2.05) is 42.5 Å². The summed E-state index contributed by atoms with van der Waals surface area (Å²) in [5.41, 5.74) is 3.57. The summed E-state index contributed by atoms with van der Waals surface area (Å²) >= 11 is 0. The highest BCUT2D eigenvalue weighted by atomic mass is 16.5. The normalized spacial score (nSPS) is 16.6. The standard InChI is InChI=1S/C21H23N3O3/c1-26-18-6-3-2-5-14(18)8-11-20(25)22-15-9-10-16-17(13-15)24-21(23-16)19-7-4-12-27-19/h2-3,5-6,9-10,13,19H,4,7-8,11-12H2,1H3,(H,22,25)(H,23,24)/t19-/m0/s1. The third-order valence-corrected chi connectivity index (χ3v) is 4.83. The molecule has 1 fully saturated rings. The molecule has 1 saturated heterocycles. The van der Waals surface area contributed by atoms with E-state index in [4.69, 9.17) is 9.47 Å². The van der Waals surface area contributed by atoms with Gasteiger partial charge in [0.05, 0.1) is 18.1 Å². The summed E-state index contributed by atoms with van der Waals surface area (Å²) < 4.78 is 11.0. The molecule has 1 aromatic heterocycles. The number of imidazole rings is 1. The van der Waals surface area contributed by atoms with Crippen molar-refractivity contribution in [2.24, 2.45) is 0 Å². The predicted molar refractivity (Wildman–Crippen MR) is 104 cm³/mol. The molecule has 27 heavy (non-hydrogen) atoms. The molecule has 0 aliphatic carbocycles. The minimum atomic E-state index is -0.0286. The van der Waals surface area contributed by atoms with Crippen molar-refractivity contribution in [3.8, 4) is 5.75 Å². The number of amides is 1. The molecule has 0 spiro atoms.